The highest BCUT2D eigenvalue weighted by molar-refractivity contribution is 5.85. The van der Waals surface area contributed by atoms with Gasteiger partial charge in [-0.3, -0.25) is 0 Å². The van der Waals surface area contributed by atoms with Gasteiger partial charge < -0.3 is 15.6 Å². The molecular weight excluding hydrogens is 271 g/mol. The van der Waals surface area contributed by atoms with E-state index in [1.165, 1.54) is 19.2 Å². The van der Waals surface area contributed by atoms with Crippen LogP contribution in [0.1, 0.15) is 24.4 Å². The smallest absolute Gasteiger partial charge is 0.389 e. The van der Waals surface area contributed by atoms with Crippen LogP contribution in [0.2, 0.25) is 0 Å². The summed E-state index contributed by atoms with van der Waals surface area (Å²) in [6.45, 7) is 0. The Balaban J connectivity index is 0.00000289. The van der Waals surface area contributed by atoms with E-state index < -0.39 is 18.6 Å². The van der Waals surface area contributed by atoms with E-state index in [4.69, 9.17) is 10.5 Å². The average Bonchev–Trinajstić information content (AvgIpc) is 2.24. The zero-order valence-electron chi connectivity index (χ0n) is 9.70. The number of hydrogen-bond acceptors (Lipinski definition) is 3. The van der Waals surface area contributed by atoms with Gasteiger partial charge in [0, 0.05) is 12.5 Å². The van der Waals surface area contributed by atoms with Gasteiger partial charge >= 0.3 is 6.18 Å². The number of nitrogens with two attached hydrogens (primary N) is 1. The summed E-state index contributed by atoms with van der Waals surface area (Å²) in [4.78, 5) is 0. The van der Waals surface area contributed by atoms with E-state index >= 15 is 0 Å². The summed E-state index contributed by atoms with van der Waals surface area (Å²) in [6.07, 6.45) is -5.54. The number of rotatable bonds is 4. The first-order valence-electron chi connectivity index (χ1n) is 5.03. The first kappa shape index (κ1) is 16.9. The molecule has 0 aliphatic carbocycles. The van der Waals surface area contributed by atoms with E-state index in [2.05, 4.69) is 0 Å². The average molecular weight is 286 g/mol. The standard InChI is InChI=1S/C11H14F3NO2.ClH/c1-17-9-4-2-3-8(16)10(9)7(15)5-6-11(12,13)14;/h2-4,7,16H,5-6,15H2,1H3;1H/t7-;/m0./s1. The van der Waals surface area contributed by atoms with Crippen molar-refractivity contribution in [2.24, 2.45) is 5.73 Å². The Morgan fingerprint density at radius 3 is 2.50 bits per heavy atom. The molecule has 0 bridgehead atoms. The van der Waals surface area contributed by atoms with Crippen LogP contribution in [0.5, 0.6) is 11.5 Å². The highest BCUT2D eigenvalue weighted by Gasteiger charge is 2.29. The molecule has 0 aliphatic heterocycles. The summed E-state index contributed by atoms with van der Waals surface area (Å²) in [5, 5.41) is 9.58. The molecule has 18 heavy (non-hydrogen) atoms. The number of aromatic hydroxyl groups is 1. The van der Waals surface area contributed by atoms with E-state index in [-0.39, 0.29) is 30.1 Å². The molecule has 0 radical (unpaired) electrons. The number of alkyl halides is 3. The van der Waals surface area contributed by atoms with Gasteiger partial charge in [0.15, 0.2) is 0 Å². The Morgan fingerprint density at radius 2 is 2.00 bits per heavy atom. The number of methoxy groups -OCH3 is 1. The van der Waals surface area contributed by atoms with Crippen LogP contribution in [0.4, 0.5) is 13.2 Å². The van der Waals surface area contributed by atoms with Crippen molar-refractivity contribution in [2.75, 3.05) is 7.11 Å². The predicted octanol–water partition coefficient (Wildman–Crippen LogP) is 3.16. The number of halogens is 4. The van der Waals surface area contributed by atoms with Crippen LogP contribution in [-0.2, 0) is 0 Å². The molecule has 0 amide bonds. The molecule has 0 saturated heterocycles. The minimum atomic E-state index is -4.25. The Hall–Kier alpha value is -1.14. The van der Waals surface area contributed by atoms with Crippen LogP contribution >= 0.6 is 12.4 Å². The van der Waals surface area contributed by atoms with Crippen LogP contribution in [-0.4, -0.2) is 18.4 Å². The number of ether oxygens (including phenoxy) is 1. The second-order valence-corrected chi connectivity index (χ2v) is 3.65. The summed E-state index contributed by atoms with van der Waals surface area (Å²) in [6, 6.07) is 3.54. The molecule has 104 valence electrons. The van der Waals surface area contributed by atoms with Gasteiger partial charge in [-0.15, -0.1) is 12.4 Å². The lowest BCUT2D eigenvalue weighted by Crippen LogP contribution is -2.16. The lowest BCUT2D eigenvalue weighted by atomic mass is 10.0. The first-order valence-corrected chi connectivity index (χ1v) is 5.03. The molecule has 0 saturated carbocycles. The van der Waals surface area contributed by atoms with E-state index in [9.17, 15) is 18.3 Å². The van der Waals surface area contributed by atoms with E-state index in [0.29, 0.717) is 5.75 Å². The normalized spacial score (nSPS) is 12.7. The molecule has 0 aliphatic rings. The number of benzene rings is 1. The summed E-state index contributed by atoms with van der Waals surface area (Å²) in [7, 11) is 1.37. The van der Waals surface area contributed by atoms with Crippen molar-refractivity contribution in [2.45, 2.75) is 25.1 Å². The number of phenols is 1. The molecule has 0 spiro atoms. The third kappa shape index (κ3) is 4.62. The fourth-order valence-corrected chi connectivity index (χ4v) is 1.55. The van der Waals surface area contributed by atoms with Crippen LogP contribution in [0.25, 0.3) is 0 Å². The predicted molar refractivity (Wildman–Crippen MR) is 64.1 cm³/mol. The lowest BCUT2D eigenvalue weighted by Gasteiger charge is -2.17. The summed E-state index contributed by atoms with van der Waals surface area (Å²) >= 11 is 0. The Bertz CT molecular complexity index is 385. The van der Waals surface area contributed by atoms with Gasteiger partial charge in [0.2, 0.25) is 0 Å². The molecule has 0 fully saturated rings. The van der Waals surface area contributed by atoms with E-state index in [1.807, 2.05) is 0 Å². The highest BCUT2D eigenvalue weighted by atomic mass is 35.5. The second-order valence-electron chi connectivity index (χ2n) is 3.65. The fourth-order valence-electron chi connectivity index (χ4n) is 1.55. The molecule has 7 heteroatoms. The van der Waals surface area contributed by atoms with Crippen LogP contribution in [0, 0.1) is 0 Å². The van der Waals surface area contributed by atoms with Crippen LogP contribution < -0.4 is 10.5 Å². The van der Waals surface area contributed by atoms with Crippen LogP contribution in [0.15, 0.2) is 18.2 Å². The minimum Gasteiger partial charge on any atom is -0.507 e. The topological polar surface area (TPSA) is 55.5 Å². The van der Waals surface area contributed by atoms with Gasteiger partial charge in [-0.2, -0.15) is 13.2 Å². The SMILES string of the molecule is COc1cccc(O)c1[C@@H](N)CCC(F)(F)F.Cl. The molecule has 1 rings (SSSR count). The second kappa shape index (κ2) is 6.70. The number of hydrogen-bond donors (Lipinski definition) is 2. The number of phenolic OH excluding ortho intramolecular Hbond substituents is 1. The van der Waals surface area contributed by atoms with Crippen molar-refractivity contribution < 1.29 is 23.0 Å². The maximum absolute atomic E-state index is 12.1. The van der Waals surface area contributed by atoms with Crippen molar-refractivity contribution in [3.63, 3.8) is 0 Å². The van der Waals surface area contributed by atoms with Crippen molar-refractivity contribution in [3.8, 4) is 11.5 Å². The molecule has 0 heterocycles. The van der Waals surface area contributed by atoms with E-state index in [0.717, 1.165) is 0 Å². The third-order valence-electron chi connectivity index (χ3n) is 2.37. The van der Waals surface area contributed by atoms with Gasteiger partial charge in [0.05, 0.1) is 12.7 Å². The molecule has 0 aromatic heterocycles. The Morgan fingerprint density at radius 1 is 1.39 bits per heavy atom. The summed E-state index contributed by atoms with van der Waals surface area (Å²) in [5.74, 6) is 0.138. The summed E-state index contributed by atoms with van der Waals surface area (Å²) in [5.41, 5.74) is 5.85. The molecular formula is C11H15ClF3NO2. The summed E-state index contributed by atoms with van der Waals surface area (Å²) < 4.78 is 41.2. The maximum Gasteiger partial charge on any atom is 0.389 e. The maximum atomic E-state index is 12.1. The molecule has 3 N–H and O–H groups in total. The molecule has 3 nitrogen and oxygen atoms in total. The van der Waals surface area contributed by atoms with Crippen molar-refractivity contribution in [1.29, 1.82) is 0 Å². The minimum absolute atomic E-state index is 0. The highest BCUT2D eigenvalue weighted by Crippen LogP contribution is 2.35. The van der Waals surface area contributed by atoms with Crippen molar-refractivity contribution >= 4 is 12.4 Å². The van der Waals surface area contributed by atoms with E-state index in [1.54, 1.807) is 6.07 Å². The van der Waals surface area contributed by atoms with Gasteiger partial charge in [0.25, 0.3) is 0 Å². The van der Waals surface area contributed by atoms with Gasteiger partial charge in [-0.1, -0.05) is 6.07 Å². The molecule has 0 unspecified atom stereocenters. The Labute approximate surface area is 109 Å². The monoisotopic (exact) mass is 285 g/mol. The lowest BCUT2D eigenvalue weighted by molar-refractivity contribution is -0.136. The molecule has 1 aromatic carbocycles. The zero-order valence-corrected chi connectivity index (χ0v) is 10.5. The fraction of sp³-hybridized carbons (Fsp3) is 0.455. The third-order valence-corrected chi connectivity index (χ3v) is 2.37. The van der Waals surface area contributed by atoms with Gasteiger partial charge in [0.1, 0.15) is 11.5 Å². The first-order chi connectivity index (χ1) is 7.85. The van der Waals surface area contributed by atoms with Crippen molar-refractivity contribution in [1.82, 2.24) is 0 Å². The largest absolute Gasteiger partial charge is 0.507 e. The zero-order chi connectivity index (χ0) is 13.1. The molecule has 1 atom stereocenters. The Kier molecular flexibility index (Phi) is 6.28. The molecule has 1 aromatic rings. The van der Waals surface area contributed by atoms with Crippen molar-refractivity contribution in [3.05, 3.63) is 23.8 Å². The van der Waals surface area contributed by atoms with Crippen LogP contribution in [0.3, 0.4) is 0 Å². The van der Waals surface area contributed by atoms with Gasteiger partial charge in [-0.05, 0) is 18.6 Å². The quantitative estimate of drug-likeness (QED) is 0.893. The van der Waals surface area contributed by atoms with Gasteiger partial charge in [-0.25, -0.2) is 0 Å².